The number of nitrogens with zero attached hydrogens (tertiary/aromatic N) is 1. The van der Waals surface area contributed by atoms with Crippen LogP contribution in [0.1, 0.15) is 29.2 Å². The Morgan fingerprint density at radius 3 is 2.74 bits per heavy atom. The van der Waals surface area contributed by atoms with E-state index in [2.05, 4.69) is 9.97 Å². The monoisotopic (exact) mass is 256 g/mol. The van der Waals surface area contributed by atoms with Crippen molar-refractivity contribution in [2.24, 2.45) is 0 Å². The molecule has 0 bridgehead atoms. The van der Waals surface area contributed by atoms with Crippen molar-refractivity contribution in [2.45, 2.75) is 13.0 Å². The van der Waals surface area contributed by atoms with Crippen molar-refractivity contribution in [1.82, 2.24) is 9.97 Å². The van der Waals surface area contributed by atoms with E-state index in [0.29, 0.717) is 11.2 Å². The van der Waals surface area contributed by atoms with Crippen LogP contribution in [0, 0.1) is 0 Å². The number of pyridine rings is 1. The molecule has 3 aromatic rings. The molecule has 3 N–H and O–H groups in total. The predicted octanol–water partition coefficient (Wildman–Crippen LogP) is 2.47. The van der Waals surface area contributed by atoms with Gasteiger partial charge in [-0.2, -0.15) is 0 Å². The summed E-state index contributed by atoms with van der Waals surface area (Å²) in [4.78, 5) is 18.3. The fourth-order valence-corrected chi connectivity index (χ4v) is 2.28. The molecule has 3 rings (SSSR count). The molecule has 0 amide bonds. The highest BCUT2D eigenvalue weighted by molar-refractivity contribution is 6.09. The number of rotatable bonds is 2. The van der Waals surface area contributed by atoms with Gasteiger partial charge in [-0.25, -0.2) is 9.78 Å². The maximum atomic E-state index is 11.1. The fraction of sp³-hybridized carbons (Fsp3) is 0.143. The van der Waals surface area contributed by atoms with E-state index >= 15 is 0 Å². The Morgan fingerprint density at radius 2 is 2.05 bits per heavy atom. The number of hydrogen-bond donors (Lipinski definition) is 3. The molecule has 1 atom stereocenters. The Hall–Kier alpha value is -2.40. The summed E-state index contributed by atoms with van der Waals surface area (Å²) in [5.74, 6) is -1.10. The van der Waals surface area contributed by atoms with Crippen molar-refractivity contribution in [2.75, 3.05) is 0 Å². The standard InChI is InChI=1S/C14H12N2O3/c1-7(17)12-13-9(6-11(16-12)14(18)19)8-4-2-3-5-10(8)15-13/h2-7,15,17H,1H3,(H,18,19)/t7-/m1/s1. The van der Waals surface area contributed by atoms with Crippen LogP contribution in [-0.2, 0) is 0 Å². The number of carbonyl (C=O) groups is 1. The van der Waals surface area contributed by atoms with E-state index in [1.54, 1.807) is 6.92 Å². The first kappa shape index (κ1) is 11.7. The minimum absolute atomic E-state index is 0.0619. The number of H-pyrrole nitrogens is 1. The van der Waals surface area contributed by atoms with Crippen molar-refractivity contribution in [3.05, 3.63) is 41.7 Å². The van der Waals surface area contributed by atoms with Gasteiger partial charge in [-0.3, -0.25) is 0 Å². The number of carboxylic acid groups (broad SMARTS) is 1. The number of para-hydroxylation sites is 1. The predicted molar refractivity (Wildman–Crippen MR) is 71.2 cm³/mol. The summed E-state index contributed by atoms with van der Waals surface area (Å²) in [5, 5.41) is 20.6. The SMILES string of the molecule is C[C@@H](O)c1nc(C(=O)O)cc2c1[nH]c1ccccc12. The lowest BCUT2D eigenvalue weighted by Crippen LogP contribution is -2.05. The molecule has 0 aliphatic carbocycles. The van der Waals surface area contributed by atoms with Crippen LogP contribution in [-0.4, -0.2) is 26.2 Å². The molecule has 0 saturated carbocycles. The Bertz CT molecular complexity index is 790. The summed E-state index contributed by atoms with van der Waals surface area (Å²) in [6, 6.07) is 9.12. The molecule has 0 saturated heterocycles. The second kappa shape index (κ2) is 4.07. The summed E-state index contributed by atoms with van der Waals surface area (Å²) >= 11 is 0. The molecule has 5 heteroatoms. The molecule has 0 unspecified atom stereocenters. The number of aliphatic hydroxyl groups is 1. The zero-order chi connectivity index (χ0) is 13.6. The van der Waals surface area contributed by atoms with Gasteiger partial charge in [-0.05, 0) is 19.1 Å². The zero-order valence-corrected chi connectivity index (χ0v) is 10.2. The van der Waals surface area contributed by atoms with Gasteiger partial charge in [-0.1, -0.05) is 18.2 Å². The Balaban J connectivity index is 2.48. The highest BCUT2D eigenvalue weighted by atomic mass is 16.4. The van der Waals surface area contributed by atoms with E-state index in [4.69, 9.17) is 5.11 Å². The van der Waals surface area contributed by atoms with Gasteiger partial charge in [-0.15, -0.1) is 0 Å². The largest absolute Gasteiger partial charge is 0.477 e. The average molecular weight is 256 g/mol. The second-order valence-electron chi connectivity index (χ2n) is 4.47. The van der Waals surface area contributed by atoms with E-state index in [1.807, 2.05) is 24.3 Å². The lowest BCUT2D eigenvalue weighted by molar-refractivity contribution is 0.0690. The third-order valence-corrected chi connectivity index (χ3v) is 3.14. The highest BCUT2D eigenvalue weighted by Crippen LogP contribution is 2.30. The quantitative estimate of drug-likeness (QED) is 0.657. The number of benzene rings is 1. The summed E-state index contributed by atoms with van der Waals surface area (Å²) < 4.78 is 0. The van der Waals surface area contributed by atoms with E-state index in [9.17, 15) is 9.90 Å². The molecule has 2 heterocycles. The molecule has 2 aromatic heterocycles. The van der Waals surface area contributed by atoms with Crippen molar-refractivity contribution >= 4 is 27.8 Å². The van der Waals surface area contributed by atoms with Crippen LogP contribution in [0.15, 0.2) is 30.3 Å². The number of hydrogen-bond acceptors (Lipinski definition) is 3. The first-order chi connectivity index (χ1) is 9.08. The van der Waals surface area contributed by atoms with Crippen molar-refractivity contribution in [3.8, 4) is 0 Å². The van der Waals surface area contributed by atoms with E-state index in [0.717, 1.165) is 16.3 Å². The van der Waals surface area contributed by atoms with Gasteiger partial charge >= 0.3 is 5.97 Å². The number of aromatic nitrogens is 2. The molecule has 0 aliphatic rings. The number of fused-ring (bicyclic) bond motifs is 3. The molecule has 1 aromatic carbocycles. The highest BCUT2D eigenvalue weighted by Gasteiger charge is 2.17. The summed E-state index contributed by atoms with van der Waals surface area (Å²) in [6.07, 6.45) is -0.838. The van der Waals surface area contributed by atoms with E-state index in [1.165, 1.54) is 6.07 Å². The Morgan fingerprint density at radius 1 is 1.32 bits per heavy atom. The van der Waals surface area contributed by atoms with Crippen LogP contribution in [0.5, 0.6) is 0 Å². The van der Waals surface area contributed by atoms with Crippen molar-refractivity contribution in [3.63, 3.8) is 0 Å². The summed E-state index contributed by atoms with van der Waals surface area (Å²) in [7, 11) is 0. The number of aromatic carboxylic acids is 1. The fourth-order valence-electron chi connectivity index (χ4n) is 2.28. The number of aromatic amines is 1. The van der Waals surface area contributed by atoms with Crippen molar-refractivity contribution in [1.29, 1.82) is 0 Å². The van der Waals surface area contributed by atoms with E-state index < -0.39 is 12.1 Å². The number of carboxylic acids is 1. The topological polar surface area (TPSA) is 86.2 Å². The molecule has 19 heavy (non-hydrogen) atoms. The lowest BCUT2D eigenvalue weighted by Gasteiger charge is -2.06. The van der Waals surface area contributed by atoms with Gasteiger partial charge in [0, 0.05) is 16.3 Å². The normalized spacial score (nSPS) is 12.9. The molecular formula is C14H12N2O3. The minimum atomic E-state index is -1.10. The van der Waals surface area contributed by atoms with Crippen LogP contribution < -0.4 is 0 Å². The maximum absolute atomic E-state index is 11.1. The molecule has 96 valence electrons. The smallest absolute Gasteiger partial charge is 0.354 e. The first-order valence-electron chi connectivity index (χ1n) is 5.90. The van der Waals surface area contributed by atoms with Gasteiger partial charge < -0.3 is 15.2 Å². The molecule has 0 fully saturated rings. The van der Waals surface area contributed by atoms with Crippen LogP contribution in [0.25, 0.3) is 21.8 Å². The Kier molecular flexibility index (Phi) is 2.50. The summed E-state index contributed by atoms with van der Waals surface area (Å²) in [5.41, 5.74) is 1.86. The molecule has 0 spiro atoms. The first-order valence-corrected chi connectivity index (χ1v) is 5.90. The van der Waals surface area contributed by atoms with Gasteiger partial charge in [0.1, 0.15) is 5.69 Å². The molecule has 0 radical (unpaired) electrons. The van der Waals surface area contributed by atoms with E-state index in [-0.39, 0.29) is 5.69 Å². The average Bonchev–Trinajstić information content (AvgIpc) is 2.75. The number of nitrogens with one attached hydrogen (secondary N) is 1. The third kappa shape index (κ3) is 1.75. The van der Waals surface area contributed by atoms with Gasteiger partial charge in [0.2, 0.25) is 0 Å². The van der Waals surface area contributed by atoms with Crippen LogP contribution >= 0.6 is 0 Å². The van der Waals surface area contributed by atoms with Crippen molar-refractivity contribution < 1.29 is 15.0 Å². The van der Waals surface area contributed by atoms with Crippen LogP contribution in [0.3, 0.4) is 0 Å². The van der Waals surface area contributed by atoms with Gasteiger partial charge in [0.15, 0.2) is 0 Å². The van der Waals surface area contributed by atoms with Gasteiger partial charge in [0.05, 0.1) is 17.3 Å². The van der Waals surface area contributed by atoms with Crippen LogP contribution in [0.2, 0.25) is 0 Å². The third-order valence-electron chi connectivity index (χ3n) is 3.14. The van der Waals surface area contributed by atoms with Crippen LogP contribution in [0.4, 0.5) is 0 Å². The molecule has 0 aliphatic heterocycles. The molecule has 5 nitrogen and oxygen atoms in total. The Labute approximate surface area is 108 Å². The maximum Gasteiger partial charge on any atom is 0.354 e. The molecular weight excluding hydrogens is 244 g/mol. The lowest BCUT2D eigenvalue weighted by atomic mass is 10.1. The summed E-state index contributed by atoms with van der Waals surface area (Å²) in [6.45, 7) is 1.57. The second-order valence-corrected chi connectivity index (χ2v) is 4.47. The number of aliphatic hydroxyl groups excluding tert-OH is 1. The van der Waals surface area contributed by atoms with Gasteiger partial charge in [0.25, 0.3) is 0 Å². The zero-order valence-electron chi connectivity index (χ0n) is 10.2. The minimum Gasteiger partial charge on any atom is -0.477 e.